The molecule has 4 fully saturated rings. The van der Waals surface area contributed by atoms with Gasteiger partial charge in [-0.05, 0) is 80.5 Å². The van der Waals surface area contributed by atoms with E-state index in [-0.39, 0.29) is 17.7 Å². The van der Waals surface area contributed by atoms with Crippen LogP contribution in [0.2, 0.25) is 0 Å². The summed E-state index contributed by atoms with van der Waals surface area (Å²) in [7, 11) is 0. The SMILES string of the molecule is [2H]C([2H])(C1CCOCC1)N1C[C@H]2CC(Nc3ccc(-c4ccc(NC(=O)C5CC5)cc4)nn3)C[C@H]2C1. The number of hydrogen-bond donors (Lipinski definition) is 2. The Morgan fingerprint density at radius 3 is 2.38 bits per heavy atom. The van der Waals surface area contributed by atoms with Crippen LogP contribution in [0.3, 0.4) is 0 Å². The molecule has 1 aromatic heterocycles. The van der Waals surface area contributed by atoms with Gasteiger partial charge in [0.05, 0.1) is 5.69 Å². The number of carbonyl (C=O) groups excluding carboxylic acids is 1. The minimum Gasteiger partial charge on any atom is -0.381 e. The van der Waals surface area contributed by atoms with E-state index >= 15 is 0 Å². The van der Waals surface area contributed by atoms with E-state index in [9.17, 15) is 4.79 Å². The van der Waals surface area contributed by atoms with E-state index in [2.05, 4.69) is 25.7 Å². The van der Waals surface area contributed by atoms with E-state index in [1.54, 1.807) is 0 Å². The van der Waals surface area contributed by atoms with Gasteiger partial charge in [0.1, 0.15) is 5.82 Å². The number of amides is 1. The molecule has 6 rings (SSSR count). The Bertz CT molecular complexity index is 1060. The highest BCUT2D eigenvalue weighted by molar-refractivity contribution is 5.94. The molecule has 3 heterocycles. The normalized spacial score (nSPS) is 28.8. The summed E-state index contributed by atoms with van der Waals surface area (Å²) in [5.41, 5.74) is 2.58. The van der Waals surface area contributed by atoms with Crippen molar-refractivity contribution in [3.8, 4) is 11.3 Å². The Morgan fingerprint density at radius 2 is 1.74 bits per heavy atom. The summed E-state index contributed by atoms with van der Waals surface area (Å²) in [4.78, 5) is 14.0. The summed E-state index contributed by atoms with van der Waals surface area (Å²) in [6, 6.07) is 12.1. The van der Waals surface area contributed by atoms with E-state index in [1.807, 2.05) is 36.4 Å². The van der Waals surface area contributed by atoms with Gasteiger partial charge in [-0.1, -0.05) is 12.1 Å². The van der Waals surface area contributed by atoms with Gasteiger partial charge < -0.3 is 20.3 Å². The van der Waals surface area contributed by atoms with Crippen LogP contribution in [-0.2, 0) is 9.53 Å². The quantitative estimate of drug-likeness (QED) is 0.645. The smallest absolute Gasteiger partial charge is 0.227 e. The fraction of sp³-hybridized carbons (Fsp3) is 0.593. The van der Waals surface area contributed by atoms with Crippen molar-refractivity contribution < 1.29 is 12.3 Å². The number of aromatic nitrogens is 2. The molecule has 2 saturated carbocycles. The molecule has 7 nitrogen and oxygen atoms in total. The second-order valence-corrected chi connectivity index (χ2v) is 10.4. The van der Waals surface area contributed by atoms with Gasteiger partial charge in [0.25, 0.3) is 0 Å². The predicted octanol–water partition coefficient (Wildman–Crippen LogP) is 4.04. The molecule has 4 aliphatic rings. The van der Waals surface area contributed by atoms with Crippen molar-refractivity contribution in [3.63, 3.8) is 0 Å². The van der Waals surface area contributed by atoms with Crippen molar-refractivity contribution in [3.05, 3.63) is 36.4 Å². The molecule has 1 aromatic carbocycles. The summed E-state index contributed by atoms with van der Waals surface area (Å²) in [5, 5.41) is 15.4. The molecule has 7 heteroatoms. The number of nitrogens with one attached hydrogen (secondary N) is 2. The molecule has 2 aliphatic heterocycles. The fourth-order valence-electron chi connectivity index (χ4n) is 5.69. The van der Waals surface area contributed by atoms with Gasteiger partial charge in [-0.15, -0.1) is 10.2 Å². The number of rotatable bonds is 7. The number of fused-ring (bicyclic) bond motifs is 1. The van der Waals surface area contributed by atoms with E-state index in [0.717, 1.165) is 74.4 Å². The molecule has 2 saturated heterocycles. The largest absolute Gasteiger partial charge is 0.381 e. The Morgan fingerprint density at radius 1 is 1.00 bits per heavy atom. The molecule has 180 valence electrons. The number of ether oxygens (including phenoxy) is 1. The fourth-order valence-corrected chi connectivity index (χ4v) is 5.69. The molecule has 2 aromatic rings. The Labute approximate surface area is 204 Å². The van der Waals surface area contributed by atoms with Crippen LogP contribution in [-0.4, -0.2) is 59.8 Å². The van der Waals surface area contributed by atoms with Crippen molar-refractivity contribution in [2.24, 2.45) is 23.7 Å². The van der Waals surface area contributed by atoms with Crippen molar-refractivity contribution in [1.82, 2.24) is 15.1 Å². The standard InChI is InChI=1S/C27H35N5O2/c33-27(20-1-2-20)29-23-5-3-19(4-6-23)25-7-8-26(31-30-25)28-24-13-21-16-32(17-22(21)14-24)15-18-9-11-34-12-10-18/h3-8,18,20-22,24H,1-2,9-17H2,(H,28,31)(H,29,33)/t21-,22+,24?/i15D2. The minimum atomic E-state index is -1.24. The van der Waals surface area contributed by atoms with Crippen molar-refractivity contribution >= 4 is 17.4 Å². The van der Waals surface area contributed by atoms with E-state index in [1.165, 1.54) is 0 Å². The zero-order valence-corrected chi connectivity index (χ0v) is 19.6. The highest BCUT2D eigenvalue weighted by Crippen LogP contribution is 2.39. The van der Waals surface area contributed by atoms with Gasteiger partial charge in [-0.3, -0.25) is 4.79 Å². The number of nitrogens with zero attached hydrogens (tertiary/aromatic N) is 3. The van der Waals surface area contributed by atoms with Gasteiger partial charge >= 0.3 is 0 Å². The van der Waals surface area contributed by atoms with Gasteiger partial charge in [0.15, 0.2) is 0 Å². The van der Waals surface area contributed by atoms with Gasteiger partial charge in [-0.25, -0.2) is 0 Å². The van der Waals surface area contributed by atoms with Gasteiger partial charge in [-0.2, -0.15) is 0 Å². The first-order valence-electron chi connectivity index (χ1n) is 13.8. The highest BCUT2D eigenvalue weighted by Gasteiger charge is 2.41. The van der Waals surface area contributed by atoms with Gasteiger partial charge in [0, 0.05) is 58.8 Å². The van der Waals surface area contributed by atoms with Crippen LogP contribution in [0.5, 0.6) is 0 Å². The number of likely N-dealkylation sites (tertiary alicyclic amines) is 1. The lowest BCUT2D eigenvalue weighted by Crippen LogP contribution is -2.32. The number of hydrogen-bond acceptors (Lipinski definition) is 6. The third kappa shape index (κ3) is 5.10. The lowest BCUT2D eigenvalue weighted by Gasteiger charge is -2.27. The summed E-state index contributed by atoms with van der Waals surface area (Å²) in [6.45, 7) is 1.81. The third-order valence-electron chi connectivity index (χ3n) is 7.75. The molecule has 34 heavy (non-hydrogen) atoms. The summed E-state index contributed by atoms with van der Waals surface area (Å²) in [5.74, 6) is 2.22. The number of benzene rings is 1. The molecule has 0 spiro atoms. The Hall–Kier alpha value is -2.51. The number of carbonyl (C=O) groups is 1. The second-order valence-electron chi connectivity index (χ2n) is 10.4. The number of anilines is 2. The highest BCUT2D eigenvalue weighted by atomic mass is 16.5. The maximum absolute atomic E-state index is 11.9. The Balaban J connectivity index is 1.01. The topological polar surface area (TPSA) is 79.4 Å². The molecule has 1 unspecified atom stereocenters. The third-order valence-corrected chi connectivity index (χ3v) is 7.75. The second kappa shape index (κ2) is 9.62. The maximum Gasteiger partial charge on any atom is 0.227 e. The van der Waals surface area contributed by atoms with Crippen molar-refractivity contribution in [1.29, 1.82) is 0 Å². The van der Waals surface area contributed by atoms with Crippen LogP contribution in [0.25, 0.3) is 11.3 Å². The van der Waals surface area contributed by atoms with Crippen LogP contribution in [0.4, 0.5) is 11.5 Å². The van der Waals surface area contributed by atoms with Crippen LogP contribution >= 0.6 is 0 Å². The summed E-state index contributed by atoms with van der Waals surface area (Å²) < 4.78 is 23.0. The lowest BCUT2D eigenvalue weighted by molar-refractivity contribution is -0.117. The molecule has 2 aliphatic carbocycles. The van der Waals surface area contributed by atoms with Gasteiger partial charge in [0.2, 0.25) is 5.91 Å². The van der Waals surface area contributed by atoms with E-state index in [4.69, 9.17) is 7.48 Å². The van der Waals surface area contributed by atoms with Crippen LogP contribution < -0.4 is 10.6 Å². The first kappa shape index (κ1) is 19.8. The molecular weight excluding hydrogens is 426 g/mol. The zero-order valence-electron chi connectivity index (χ0n) is 21.6. The van der Waals surface area contributed by atoms with Crippen LogP contribution in [0.1, 0.15) is 41.3 Å². The molecule has 0 bridgehead atoms. The first-order valence-corrected chi connectivity index (χ1v) is 12.8. The molecule has 1 amide bonds. The van der Waals surface area contributed by atoms with E-state index in [0.29, 0.717) is 31.1 Å². The van der Waals surface area contributed by atoms with Crippen molar-refractivity contribution in [2.75, 3.05) is 43.4 Å². The zero-order chi connectivity index (χ0) is 24.7. The molecule has 3 atom stereocenters. The van der Waals surface area contributed by atoms with Crippen LogP contribution in [0.15, 0.2) is 36.4 Å². The first-order chi connectivity index (χ1) is 17.5. The lowest BCUT2D eigenvalue weighted by atomic mass is 10.00. The molecular formula is C27H35N5O2. The average molecular weight is 464 g/mol. The van der Waals surface area contributed by atoms with Crippen molar-refractivity contribution in [2.45, 2.75) is 44.6 Å². The maximum atomic E-state index is 11.9. The predicted molar refractivity (Wildman–Crippen MR) is 132 cm³/mol. The average Bonchev–Trinajstić information content (AvgIpc) is 3.57. The molecule has 2 N–H and O–H groups in total. The van der Waals surface area contributed by atoms with E-state index < -0.39 is 6.50 Å². The minimum absolute atomic E-state index is 0.0745. The molecule has 0 radical (unpaired) electrons. The monoisotopic (exact) mass is 463 g/mol. The summed E-state index contributed by atoms with van der Waals surface area (Å²) in [6.07, 6.45) is 5.71. The Kier molecular flexibility index (Phi) is 5.59. The van der Waals surface area contributed by atoms with Crippen LogP contribution in [0, 0.1) is 23.7 Å². The summed E-state index contributed by atoms with van der Waals surface area (Å²) >= 11 is 0.